The second-order valence-corrected chi connectivity index (χ2v) is 7.17. The molecule has 0 bridgehead atoms. The van der Waals surface area contributed by atoms with Crippen LogP contribution in [0.4, 0.5) is 0 Å². The number of rotatable bonds is 6. The molecule has 130 valence electrons. The second kappa shape index (κ2) is 7.92. The predicted octanol–water partition coefficient (Wildman–Crippen LogP) is 2.79. The maximum absolute atomic E-state index is 12.6. The van der Waals surface area contributed by atoms with E-state index < -0.39 is 28.1 Å². The van der Waals surface area contributed by atoms with Gasteiger partial charge >= 0.3 is 5.97 Å². The standard InChI is InChI=1S/C18H18N2O4S/c1-13(12-19)24-18(21)16-9-6-10-17(11-16)25(22,23)20-14(2)15-7-4-3-5-8-15/h3-11,13-14,20H,1-2H3/t13-,14-/m1/s1. The van der Waals surface area contributed by atoms with E-state index in [2.05, 4.69) is 4.72 Å². The molecule has 0 radical (unpaired) electrons. The van der Waals surface area contributed by atoms with E-state index in [0.29, 0.717) is 0 Å². The van der Waals surface area contributed by atoms with Crippen LogP contribution in [-0.2, 0) is 14.8 Å². The average molecular weight is 358 g/mol. The lowest BCUT2D eigenvalue weighted by Gasteiger charge is -2.15. The third kappa shape index (κ3) is 4.89. The Labute approximate surface area is 147 Å². The van der Waals surface area contributed by atoms with Crippen molar-refractivity contribution in [1.29, 1.82) is 5.26 Å². The topological polar surface area (TPSA) is 96.3 Å². The highest BCUT2D eigenvalue weighted by Crippen LogP contribution is 2.18. The van der Waals surface area contributed by atoms with Gasteiger partial charge in [-0.3, -0.25) is 0 Å². The van der Waals surface area contributed by atoms with Crippen molar-refractivity contribution in [3.05, 3.63) is 65.7 Å². The Kier molecular flexibility index (Phi) is 5.91. The van der Waals surface area contributed by atoms with Crippen LogP contribution in [0.5, 0.6) is 0 Å². The monoisotopic (exact) mass is 358 g/mol. The quantitative estimate of drug-likeness (QED) is 0.801. The van der Waals surface area contributed by atoms with Gasteiger partial charge in [0.05, 0.1) is 10.5 Å². The molecule has 2 aromatic carbocycles. The molecule has 2 rings (SSSR count). The van der Waals surface area contributed by atoms with Crippen molar-refractivity contribution < 1.29 is 17.9 Å². The summed E-state index contributed by atoms with van der Waals surface area (Å²) in [5.41, 5.74) is 0.891. The number of benzene rings is 2. The van der Waals surface area contributed by atoms with E-state index in [1.54, 1.807) is 13.0 Å². The Bertz CT molecular complexity index is 889. The number of carbonyl (C=O) groups excluding carboxylic acids is 1. The van der Waals surface area contributed by atoms with Gasteiger partial charge in [-0.25, -0.2) is 17.9 Å². The normalized spacial score (nSPS) is 13.5. The highest BCUT2D eigenvalue weighted by atomic mass is 32.2. The van der Waals surface area contributed by atoms with Gasteiger partial charge in [0.15, 0.2) is 6.10 Å². The van der Waals surface area contributed by atoms with Crippen LogP contribution in [0, 0.1) is 11.3 Å². The first-order valence-corrected chi connectivity index (χ1v) is 9.10. The lowest BCUT2D eigenvalue weighted by Crippen LogP contribution is -2.27. The Balaban J connectivity index is 2.21. The average Bonchev–Trinajstić information content (AvgIpc) is 2.62. The highest BCUT2D eigenvalue weighted by Gasteiger charge is 2.20. The summed E-state index contributed by atoms with van der Waals surface area (Å²) in [6.45, 7) is 3.17. The Morgan fingerprint density at radius 1 is 1.12 bits per heavy atom. The van der Waals surface area contributed by atoms with Gasteiger partial charge in [0.1, 0.15) is 6.07 Å². The fourth-order valence-electron chi connectivity index (χ4n) is 2.16. The van der Waals surface area contributed by atoms with E-state index in [-0.39, 0.29) is 10.5 Å². The predicted molar refractivity (Wildman–Crippen MR) is 92.1 cm³/mol. The summed E-state index contributed by atoms with van der Waals surface area (Å²) in [6.07, 6.45) is -0.913. The largest absolute Gasteiger partial charge is 0.444 e. The molecule has 0 aliphatic rings. The third-order valence-electron chi connectivity index (χ3n) is 3.48. The highest BCUT2D eigenvalue weighted by molar-refractivity contribution is 7.89. The molecule has 0 heterocycles. The van der Waals surface area contributed by atoms with Crippen LogP contribution in [0.15, 0.2) is 59.5 Å². The summed E-state index contributed by atoms with van der Waals surface area (Å²) in [5, 5.41) is 8.69. The molecule has 0 aliphatic carbocycles. The van der Waals surface area contributed by atoms with Gasteiger partial charge in [0, 0.05) is 6.04 Å². The lowest BCUT2D eigenvalue weighted by molar-refractivity contribution is 0.0435. The number of esters is 1. The fraction of sp³-hybridized carbons (Fsp3) is 0.222. The van der Waals surface area contributed by atoms with E-state index in [0.717, 1.165) is 5.56 Å². The molecular weight excluding hydrogens is 340 g/mol. The minimum Gasteiger partial charge on any atom is -0.444 e. The van der Waals surface area contributed by atoms with Crippen molar-refractivity contribution in [2.75, 3.05) is 0 Å². The smallest absolute Gasteiger partial charge is 0.339 e. The first-order chi connectivity index (χ1) is 11.8. The van der Waals surface area contributed by atoms with Crippen LogP contribution in [0.25, 0.3) is 0 Å². The van der Waals surface area contributed by atoms with E-state index in [4.69, 9.17) is 10.00 Å². The molecule has 6 nitrogen and oxygen atoms in total. The maximum atomic E-state index is 12.6. The van der Waals surface area contributed by atoms with Gasteiger partial charge in [-0.1, -0.05) is 36.4 Å². The minimum atomic E-state index is -3.82. The first kappa shape index (κ1) is 18.6. The zero-order valence-electron chi connectivity index (χ0n) is 13.8. The number of carbonyl (C=O) groups is 1. The SMILES string of the molecule is C[C@H](C#N)OC(=O)c1cccc(S(=O)(=O)N[C@H](C)c2ccccc2)c1. The van der Waals surface area contributed by atoms with Gasteiger partial charge in [-0.2, -0.15) is 5.26 Å². The lowest BCUT2D eigenvalue weighted by atomic mass is 10.1. The Morgan fingerprint density at radius 3 is 2.44 bits per heavy atom. The molecule has 0 unspecified atom stereocenters. The zero-order valence-corrected chi connectivity index (χ0v) is 14.7. The van der Waals surface area contributed by atoms with E-state index >= 15 is 0 Å². The number of hydrogen-bond acceptors (Lipinski definition) is 5. The van der Waals surface area contributed by atoms with Crippen molar-refractivity contribution in [1.82, 2.24) is 4.72 Å². The molecular formula is C18H18N2O4S. The van der Waals surface area contributed by atoms with Crippen molar-refractivity contribution in [3.8, 4) is 6.07 Å². The van der Waals surface area contributed by atoms with Crippen LogP contribution in [0.2, 0.25) is 0 Å². The summed E-state index contributed by atoms with van der Waals surface area (Å²) in [5.74, 6) is -0.748. The maximum Gasteiger partial charge on any atom is 0.339 e. The molecule has 2 atom stereocenters. The molecule has 0 aromatic heterocycles. The molecule has 0 saturated heterocycles. The van der Waals surface area contributed by atoms with Crippen LogP contribution < -0.4 is 4.72 Å². The summed E-state index contributed by atoms with van der Waals surface area (Å²) in [4.78, 5) is 11.9. The molecule has 0 aliphatic heterocycles. The number of nitrogens with one attached hydrogen (secondary N) is 1. The molecule has 0 amide bonds. The Morgan fingerprint density at radius 2 is 1.80 bits per heavy atom. The molecule has 7 heteroatoms. The third-order valence-corrected chi connectivity index (χ3v) is 5.02. The van der Waals surface area contributed by atoms with Crippen molar-refractivity contribution >= 4 is 16.0 Å². The van der Waals surface area contributed by atoms with Crippen LogP contribution in [0.3, 0.4) is 0 Å². The van der Waals surface area contributed by atoms with E-state index in [9.17, 15) is 13.2 Å². The van der Waals surface area contributed by atoms with Gasteiger partial charge in [0.2, 0.25) is 10.0 Å². The van der Waals surface area contributed by atoms with Crippen LogP contribution in [0.1, 0.15) is 35.8 Å². The summed E-state index contributed by atoms with van der Waals surface area (Å²) < 4.78 is 32.6. The van der Waals surface area contributed by atoms with E-state index in [1.807, 2.05) is 30.3 Å². The van der Waals surface area contributed by atoms with Gasteiger partial charge in [0.25, 0.3) is 0 Å². The number of nitriles is 1. The number of hydrogen-bond donors (Lipinski definition) is 1. The summed E-state index contributed by atoms with van der Waals surface area (Å²) in [6, 6.07) is 16.0. The fourth-order valence-corrected chi connectivity index (χ4v) is 3.43. The minimum absolute atomic E-state index is 0.0469. The number of sulfonamides is 1. The summed E-state index contributed by atoms with van der Waals surface area (Å²) >= 11 is 0. The second-order valence-electron chi connectivity index (χ2n) is 5.46. The van der Waals surface area contributed by atoms with Crippen molar-refractivity contribution in [3.63, 3.8) is 0 Å². The van der Waals surface area contributed by atoms with Crippen molar-refractivity contribution in [2.45, 2.75) is 30.9 Å². The molecule has 0 saturated carbocycles. The summed E-state index contributed by atoms with van der Waals surface area (Å²) in [7, 11) is -3.82. The molecule has 1 N–H and O–H groups in total. The molecule has 25 heavy (non-hydrogen) atoms. The van der Waals surface area contributed by atoms with Crippen molar-refractivity contribution in [2.24, 2.45) is 0 Å². The molecule has 0 fully saturated rings. The van der Waals surface area contributed by atoms with Crippen LogP contribution in [-0.4, -0.2) is 20.5 Å². The van der Waals surface area contributed by atoms with Gasteiger partial charge in [-0.05, 0) is 37.6 Å². The van der Waals surface area contributed by atoms with Gasteiger partial charge in [-0.15, -0.1) is 0 Å². The zero-order chi connectivity index (χ0) is 18.4. The van der Waals surface area contributed by atoms with Gasteiger partial charge < -0.3 is 4.74 Å². The van der Waals surface area contributed by atoms with Crippen LogP contribution >= 0.6 is 0 Å². The number of ether oxygens (including phenoxy) is 1. The number of nitrogens with zero attached hydrogens (tertiary/aromatic N) is 1. The van der Waals surface area contributed by atoms with E-state index in [1.165, 1.54) is 31.2 Å². The molecule has 0 spiro atoms. The Hall–Kier alpha value is -2.69. The molecule has 2 aromatic rings. The first-order valence-electron chi connectivity index (χ1n) is 7.61.